The van der Waals surface area contributed by atoms with Gasteiger partial charge in [0, 0.05) is 22.8 Å². The molecule has 0 aliphatic carbocycles. The van der Waals surface area contributed by atoms with Crippen LogP contribution in [0.1, 0.15) is 37.0 Å². The molecule has 3 rings (SSSR count). The number of sulfone groups is 1. The number of allylic oxidation sites excluding steroid dienone is 1. The fraction of sp³-hybridized carbons (Fsp3) is 0.208. The molecule has 28 heavy (non-hydrogen) atoms. The van der Waals surface area contributed by atoms with Crippen LogP contribution >= 0.6 is 0 Å². The van der Waals surface area contributed by atoms with Crippen molar-refractivity contribution >= 4 is 26.4 Å². The number of fused-ring (bicyclic) bond motifs is 1. The predicted molar refractivity (Wildman–Crippen MR) is 114 cm³/mol. The molecule has 0 saturated heterocycles. The minimum Gasteiger partial charge on any atom is -0.294 e. The normalized spacial score (nSPS) is 12.5. The molecule has 0 spiro atoms. The summed E-state index contributed by atoms with van der Waals surface area (Å²) in [5.41, 5.74) is 0.271. The van der Waals surface area contributed by atoms with Crippen LogP contribution in [0.3, 0.4) is 0 Å². The molecule has 4 heteroatoms. The van der Waals surface area contributed by atoms with Crippen molar-refractivity contribution in [1.82, 2.24) is 0 Å². The summed E-state index contributed by atoms with van der Waals surface area (Å²) in [4.78, 5) is 12.6. The smallest absolute Gasteiger partial charge is 0.200 e. The Labute approximate surface area is 166 Å². The fourth-order valence-corrected chi connectivity index (χ4v) is 4.53. The summed E-state index contributed by atoms with van der Waals surface area (Å²) in [7, 11) is -3.58. The average Bonchev–Trinajstić information content (AvgIpc) is 2.71. The molecule has 0 unspecified atom stereocenters. The summed E-state index contributed by atoms with van der Waals surface area (Å²) in [6, 6.07) is 21.9. The third-order valence-electron chi connectivity index (χ3n) is 4.85. The van der Waals surface area contributed by atoms with Crippen molar-refractivity contribution in [2.24, 2.45) is 5.41 Å². The second-order valence-corrected chi connectivity index (χ2v) is 9.40. The summed E-state index contributed by atoms with van der Waals surface area (Å²) in [5.74, 6) is 0.0685. The van der Waals surface area contributed by atoms with Gasteiger partial charge in [0.25, 0.3) is 0 Å². The molecule has 0 aliphatic rings. The molecule has 3 nitrogen and oxygen atoms in total. The molecule has 0 N–H and O–H groups in total. The Morgan fingerprint density at radius 2 is 1.54 bits per heavy atom. The molecule has 144 valence electrons. The van der Waals surface area contributed by atoms with Crippen molar-refractivity contribution in [3.63, 3.8) is 0 Å². The van der Waals surface area contributed by atoms with E-state index in [-0.39, 0.29) is 5.78 Å². The summed E-state index contributed by atoms with van der Waals surface area (Å²) in [6.45, 7) is 3.89. The lowest BCUT2D eigenvalue weighted by atomic mass is 9.86. The first-order valence-electron chi connectivity index (χ1n) is 9.29. The molecular weight excluding hydrogens is 368 g/mol. The van der Waals surface area contributed by atoms with Gasteiger partial charge in [-0.25, -0.2) is 8.42 Å². The van der Waals surface area contributed by atoms with Crippen LogP contribution in [0.25, 0.3) is 10.8 Å². The molecule has 0 radical (unpaired) electrons. The van der Waals surface area contributed by atoms with Gasteiger partial charge in [-0.2, -0.15) is 0 Å². The lowest BCUT2D eigenvalue weighted by molar-refractivity contribution is 0.0969. The van der Waals surface area contributed by atoms with Crippen LogP contribution in [0.4, 0.5) is 0 Å². The zero-order valence-corrected chi connectivity index (χ0v) is 16.9. The van der Waals surface area contributed by atoms with E-state index >= 15 is 0 Å². The maximum Gasteiger partial charge on any atom is 0.200 e. The minimum atomic E-state index is -3.58. The first-order chi connectivity index (χ1) is 13.3. The van der Waals surface area contributed by atoms with Gasteiger partial charge in [-0.05, 0) is 23.3 Å². The molecule has 0 atom stereocenters. The van der Waals surface area contributed by atoms with Gasteiger partial charge in [-0.1, -0.05) is 86.7 Å². The maximum atomic E-state index is 12.9. The highest BCUT2D eigenvalue weighted by Gasteiger charge is 2.20. The molecular formula is C24H24O3S. The van der Waals surface area contributed by atoms with Gasteiger partial charge in [0.2, 0.25) is 0 Å². The van der Waals surface area contributed by atoms with Crippen molar-refractivity contribution in [3.8, 4) is 0 Å². The predicted octanol–water partition coefficient (Wildman–Crippen LogP) is 5.82. The first-order valence-corrected chi connectivity index (χ1v) is 10.8. The SMILES string of the molecule is CC(C)(/C=C/S(=O)(=O)c1cccc2ccccc12)CCC(=O)c1ccccc1. The van der Waals surface area contributed by atoms with E-state index in [2.05, 4.69) is 0 Å². The number of Topliss-reactive ketones (excluding diaryl/α,β-unsaturated/α-hetero) is 1. The van der Waals surface area contributed by atoms with Crippen molar-refractivity contribution in [3.05, 3.63) is 89.8 Å². The highest BCUT2D eigenvalue weighted by molar-refractivity contribution is 7.94. The van der Waals surface area contributed by atoms with Crippen LogP contribution in [0, 0.1) is 5.41 Å². The third kappa shape index (κ3) is 4.76. The van der Waals surface area contributed by atoms with Crippen LogP contribution in [-0.2, 0) is 9.84 Å². The number of hydrogen-bond donors (Lipinski definition) is 0. The largest absolute Gasteiger partial charge is 0.294 e. The number of hydrogen-bond acceptors (Lipinski definition) is 3. The Balaban J connectivity index is 1.76. The van der Waals surface area contributed by atoms with E-state index in [9.17, 15) is 13.2 Å². The van der Waals surface area contributed by atoms with Crippen molar-refractivity contribution in [1.29, 1.82) is 0 Å². The summed E-state index contributed by atoms with van der Waals surface area (Å²) in [5, 5.41) is 2.89. The van der Waals surface area contributed by atoms with Gasteiger partial charge in [0.15, 0.2) is 15.6 Å². The maximum absolute atomic E-state index is 12.9. The lowest BCUT2D eigenvalue weighted by Gasteiger charge is -2.19. The molecule has 0 heterocycles. The van der Waals surface area contributed by atoms with Crippen molar-refractivity contribution in [2.45, 2.75) is 31.6 Å². The van der Waals surface area contributed by atoms with E-state index in [0.717, 1.165) is 5.39 Å². The molecule has 0 aromatic heterocycles. The van der Waals surface area contributed by atoms with Crippen LogP contribution in [0.2, 0.25) is 0 Å². The number of benzene rings is 3. The van der Waals surface area contributed by atoms with E-state index in [0.29, 0.717) is 28.7 Å². The molecule has 0 bridgehead atoms. The molecule has 0 fully saturated rings. The topological polar surface area (TPSA) is 51.2 Å². The number of ketones is 1. The zero-order valence-electron chi connectivity index (χ0n) is 16.1. The van der Waals surface area contributed by atoms with E-state index in [4.69, 9.17) is 0 Å². The lowest BCUT2D eigenvalue weighted by Crippen LogP contribution is -2.12. The third-order valence-corrected chi connectivity index (χ3v) is 6.31. The second-order valence-electron chi connectivity index (χ2n) is 7.60. The molecule has 0 amide bonds. The Morgan fingerprint density at radius 1 is 0.893 bits per heavy atom. The standard InChI is InChI=1S/C24H24O3S/c1-24(2,16-15-22(25)20-10-4-3-5-11-20)17-18-28(26,27)23-14-8-12-19-9-6-7-13-21(19)23/h3-14,17-18H,15-16H2,1-2H3/b18-17+. The first kappa shape index (κ1) is 20.0. The van der Waals surface area contributed by atoms with Crippen LogP contribution in [-0.4, -0.2) is 14.2 Å². The second kappa shape index (κ2) is 8.11. The zero-order chi connectivity index (χ0) is 20.2. The van der Waals surface area contributed by atoms with Crippen molar-refractivity contribution < 1.29 is 13.2 Å². The Bertz CT molecular complexity index is 1110. The van der Waals surface area contributed by atoms with Crippen LogP contribution in [0.5, 0.6) is 0 Å². The highest BCUT2D eigenvalue weighted by Crippen LogP contribution is 2.29. The van der Waals surface area contributed by atoms with E-state index in [1.807, 2.05) is 62.4 Å². The van der Waals surface area contributed by atoms with E-state index < -0.39 is 15.3 Å². The van der Waals surface area contributed by atoms with Gasteiger partial charge >= 0.3 is 0 Å². The Hall–Kier alpha value is -2.72. The Morgan fingerprint density at radius 3 is 2.29 bits per heavy atom. The quantitative estimate of drug-likeness (QED) is 0.476. The molecule has 3 aromatic carbocycles. The van der Waals surface area contributed by atoms with Crippen LogP contribution < -0.4 is 0 Å². The molecule has 0 aliphatic heterocycles. The van der Waals surface area contributed by atoms with Crippen LogP contribution in [0.15, 0.2) is 89.2 Å². The molecule has 3 aromatic rings. The van der Waals surface area contributed by atoms with Gasteiger partial charge in [-0.3, -0.25) is 4.79 Å². The number of carbonyl (C=O) groups is 1. The minimum absolute atomic E-state index is 0.0685. The Kier molecular flexibility index (Phi) is 5.80. The molecule has 0 saturated carbocycles. The van der Waals surface area contributed by atoms with E-state index in [1.165, 1.54) is 5.41 Å². The van der Waals surface area contributed by atoms with Gasteiger partial charge in [0.05, 0.1) is 4.90 Å². The average molecular weight is 393 g/mol. The van der Waals surface area contributed by atoms with Crippen molar-refractivity contribution in [2.75, 3.05) is 0 Å². The van der Waals surface area contributed by atoms with Gasteiger partial charge in [0.1, 0.15) is 0 Å². The van der Waals surface area contributed by atoms with E-state index in [1.54, 1.807) is 30.3 Å². The van der Waals surface area contributed by atoms with Gasteiger partial charge in [-0.15, -0.1) is 0 Å². The van der Waals surface area contributed by atoms with Gasteiger partial charge < -0.3 is 0 Å². The summed E-state index contributed by atoms with van der Waals surface area (Å²) < 4.78 is 25.8. The monoisotopic (exact) mass is 392 g/mol. The highest BCUT2D eigenvalue weighted by atomic mass is 32.2. The fourth-order valence-electron chi connectivity index (χ4n) is 3.08. The summed E-state index contributed by atoms with van der Waals surface area (Å²) >= 11 is 0. The number of rotatable bonds is 7. The summed E-state index contributed by atoms with van der Waals surface area (Å²) in [6.07, 6.45) is 2.64. The number of carbonyl (C=O) groups excluding carboxylic acids is 1.